The van der Waals surface area contributed by atoms with E-state index in [1.807, 2.05) is 18.2 Å². The fraction of sp³-hybridized carbons (Fsp3) is 0.593. The van der Waals surface area contributed by atoms with E-state index >= 15 is 0 Å². The summed E-state index contributed by atoms with van der Waals surface area (Å²) in [5, 5.41) is 32.6. The van der Waals surface area contributed by atoms with Gasteiger partial charge in [0.05, 0.1) is 48.3 Å². The van der Waals surface area contributed by atoms with Crippen molar-refractivity contribution < 1.29 is 58.1 Å². The molecule has 2 N–H and O–H groups in total. The van der Waals surface area contributed by atoms with Gasteiger partial charge in [-0.1, -0.05) is 25.0 Å². The lowest BCUT2D eigenvalue weighted by Gasteiger charge is -2.30. The average molecular weight is 572 g/mol. The summed E-state index contributed by atoms with van der Waals surface area (Å²) < 4.78 is 7.50. The first kappa shape index (κ1) is 38.4. The van der Waals surface area contributed by atoms with E-state index in [9.17, 15) is 4.79 Å². The van der Waals surface area contributed by atoms with E-state index in [2.05, 4.69) is 41.3 Å². The van der Waals surface area contributed by atoms with Gasteiger partial charge in [-0.25, -0.2) is 14.4 Å². The zero-order valence-electron chi connectivity index (χ0n) is 24.7. The minimum absolute atomic E-state index is 0.331. The van der Waals surface area contributed by atoms with Crippen molar-refractivity contribution in [3.05, 3.63) is 29.8 Å². The van der Waals surface area contributed by atoms with Crippen molar-refractivity contribution in [3.63, 3.8) is 0 Å². The maximum atomic E-state index is 11.9. The molecule has 0 fully saturated rings. The Kier molecular flexibility index (Phi) is 18.6. The van der Waals surface area contributed by atoms with Crippen LogP contribution in [0.1, 0.15) is 44.1 Å². The third-order valence-corrected chi connectivity index (χ3v) is 5.33. The quantitative estimate of drug-likeness (QED) is 0.197. The number of ether oxygens (including phenoxy) is 1. The molecule has 13 nitrogen and oxygen atoms in total. The second kappa shape index (κ2) is 19.4. The van der Waals surface area contributed by atoms with Gasteiger partial charge in [0, 0.05) is 19.7 Å². The summed E-state index contributed by atoms with van der Waals surface area (Å²) in [6.45, 7) is 3.26. The number of carbonyl (C=O) groups excluding carboxylic acids is 3. The number of rotatable bonds is 12. The molecule has 0 aliphatic carbocycles. The zero-order chi connectivity index (χ0) is 31.5. The van der Waals surface area contributed by atoms with Gasteiger partial charge in [-0.2, -0.15) is 0 Å². The minimum atomic E-state index is -2.07. The molecule has 0 aliphatic heterocycles. The van der Waals surface area contributed by atoms with Gasteiger partial charge in [0.25, 0.3) is 0 Å². The van der Waals surface area contributed by atoms with Crippen LogP contribution in [0.2, 0.25) is 0 Å². The summed E-state index contributed by atoms with van der Waals surface area (Å²) in [6, 6.07) is 7.87. The van der Waals surface area contributed by atoms with Crippen molar-refractivity contribution in [2.75, 3.05) is 62.4 Å². The predicted octanol–water partition coefficient (Wildman–Crippen LogP) is 0.0120. The number of nitrogens with zero attached hydrogens (tertiary/aromatic N) is 3. The monoisotopic (exact) mass is 571 g/mol. The largest absolute Gasteiger partial charge is 0.539 e. The van der Waals surface area contributed by atoms with Crippen LogP contribution >= 0.6 is 0 Å². The number of benzene rings is 1. The number of amides is 1. The second-order valence-corrected chi connectivity index (χ2v) is 11.0. The van der Waals surface area contributed by atoms with Crippen molar-refractivity contribution >= 4 is 30.0 Å². The first-order valence-electron chi connectivity index (χ1n) is 12.8. The van der Waals surface area contributed by atoms with E-state index < -0.39 is 23.9 Å². The van der Waals surface area contributed by atoms with Gasteiger partial charge in [0.1, 0.15) is 12.3 Å². The molecule has 40 heavy (non-hydrogen) atoms. The molecule has 0 bridgehead atoms. The first-order chi connectivity index (χ1) is 18.3. The Bertz CT molecular complexity index is 908. The lowest BCUT2D eigenvalue weighted by molar-refractivity contribution is -0.903. The predicted molar refractivity (Wildman–Crippen MR) is 143 cm³/mol. The van der Waals surface area contributed by atoms with E-state index in [1.165, 1.54) is 50.0 Å². The number of carbonyl (C=O) groups is 5. The van der Waals surface area contributed by atoms with Gasteiger partial charge in [-0.3, -0.25) is 0 Å². The Morgan fingerprint density at radius 2 is 1.15 bits per heavy atom. The molecule has 0 heterocycles. The van der Waals surface area contributed by atoms with Gasteiger partial charge in [-0.05, 0) is 37.8 Å². The Morgan fingerprint density at radius 3 is 1.55 bits per heavy atom. The number of aliphatic carboxylic acids is 4. The van der Waals surface area contributed by atoms with E-state index in [0.717, 1.165) is 27.6 Å². The molecule has 0 aliphatic rings. The zero-order valence-corrected chi connectivity index (χ0v) is 24.7. The van der Waals surface area contributed by atoms with Crippen LogP contribution in [0.3, 0.4) is 0 Å². The second-order valence-electron chi connectivity index (χ2n) is 11.0. The molecule has 0 spiro atoms. The molecule has 1 aromatic rings. The number of carboxylic acid groups (broad SMARTS) is 4. The highest BCUT2D eigenvalue weighted by Crippen LogP contribution is 2.23. The van der Waals surface area contributed by atoms with Gasteiger partial charge in [0.2, 0.25) is 0 Å². The summed E-state index contributed by atoms with van der Waals surface area (Å²) in [5.74, 6) is -7.35. The normalized spacial score (nSPS) is 10.7. The van der Waals surface area contributed by atoms with Crippen molar-refractivity contribution in [2.45, 2.75) is 45.1 Å². The van der Waals surface area contributed by atoms with E-state index in [1.54, 1.807) is 14.1 Å². The van der Waals surface area contributed by atoms with Crippen LogP contribution in [0.5, 0.6) is 5.75 Å². The Morgan fingerprint density at radius 1 is 0.750 bits per heavy atom. The van der Waals surface area contributed by atoms with Crippen molar-refractivity contribution in [1.29, 1.82) is 0 Å². The first-order valence-corrected chi connectivity index (χ1v) is 12.8. The molecule has 13 heteroatoms. The van der Waals surface area contributed by atoms with Crippen molar-refractivity contribution in [3.8, 4) is 5.75 Å². The SMILES string of the molecule is CN(C)C(=O)Oc1ccccc1C[N+](C)(C)CCCCCCCC[N+](C)(C)C.O=C([O-])C(=O)O.O=C([O-])C(=O)O. The lowest BCUT2D eigenvalue weighted by Crippen LogP contribution is -2.39. The maximum absolute atomic E-state index is 11.9. The summed E-state index contributed by atoms with van der Waals surface area (Å²) in [7, 11) is 14.7. The third-order valence-electron chi connectivity index (χ3n) is 5.33. The third kappa shape index (κ3) is 22.3. The van der Waals surface area contributed by atoms with Gasteiger partial charge >= 0.3 is 18.0 Å². The molecule has 1 amide bonds. The van der Waals surface area contributed by atoms with Crippen LogP contribution in [-0.2, 0) is 25.7 Å². The van der Waals surface area contributed by atoms with Crippen molar-refractivity contribution in [2.24, 2.45) is 0 Å². The van der Waals surface area contributed by atoms with Gasteiger partial charge in [0.15, 0.2) is 11.9 Å². The molecule has 0 unspecified atom stereocenters. The van der Waals surface area contributed by atoms with Crippen LogP contribution in [0.15, 0.2) is 24.3 Å². The summed E-state index contributed by atoms with van der Waals surface area (Å²) >= 11 is 0. The lowest BCUT2D eigenvalue weighted by atomic mass is 10.1. The molecule has 0 radical (unpaired) electrons. The highest BCUT2D eigenvalue weighted by atomic mass is 16.6. The Labute approximate surface area is 236 Å². The van der Waals surface area contributed by atoms with Crippen LogP contribution < -0.4 is 14.9 Å². The molecule has 0 saturated heterocycles. The standard InChI is InChI=1S/C23H43N3O2.2C2H2O4/c1-24(2)23(27)28-22-17-13-12-16-21(22)20-26(6,7)19-15-11-9-8-10-14-18-25(3,4)5;2*3-1(4)2(5)6/h12-13,16-17H,8-11,14-15,18-20H2,1-7H3;2*(H,3,4)(H,5,6)/q+2;;/p-2. The Balaban J connectivity index is 0. The van der Waals surface area contributed by atoms with Gasteiger partial charge in [-0.15, -0.1) is 0 Å². The number of carboxylic acids is 4. The molecule has 1 rings (SSSR count). The minimum Gasteiger partial charge on any atom is -0.539 e. The topological polar surface area (TPSA) is 184 Å². The molecular formula is C27H45N3O10. The fourth-order valence-electron chi connectivity index (χ4n) is 3.29. The Hall–Kier alpha value is -3.71. The molecule has 1 aromatic carbocycles. The number of hydrogen-bond acceptors (Lipinski definition) is 8. The number of unbranched alkanes of at least 4 members (excludes halogenated alkanes) is 5. The fourth-order valence-corrected chi connectivity index (χ4v) is 3.29. The number of quaternary nitrogens is 2. The summed E-state index contributed by atoms with van der Waals surface area (Å²) in [4.78, 5) is 49.4. The molecular weight excluding hydrogens is 526 g/mol. The average Bonchev–Trinajstić information content (AvgIpc) is 2.81. The van der Waals surface area contributed by atoms with E-state index in [0.29, 0.717) is 5.75 Å². The van der Waals surface area contributed by atoms with Gasteiger partial charge < -0.3 is 48.6 Å². The highest BCUT2D eigenvalue weighted by Gasteiger charge is 2.19. The van der Waals surface area contributed by atoms with E-state index in [-0.39, 0.29) is 6.09 Å². The summed E-state index contributed by atoms with van der Waals surface area (Å²) in [5.41, 5.74) is 1.09. The highest BCUT2D eigenvalue weighted by molar-refractivity contribution is 6.26. The van der Waals surface area contributed by atoms with Crippen LogP contribution in [0.25, 0.3) is 0 Å². The summed E-state index contributed by atoms with van der Waals surface area (Å²) in [6.07, 6.45) is 7.55. The van der Waals surface area contributed by atoms with E-state index in [4.69, 9.17) is 44.3 Å². The number of hydrogen-bond donors (Lipinski definition) is 2. The van der Waals surface area contributed by atoms with Crippen LogP contribution in [0.4, 0.5) is 4.79 Å². The molecule has 228 valence electrons. The molecule has 0 aromatic heterocycles. The van der Waals surface area contributed by atoms with Crippen LogP contribution in [0, 0.1) is 0 Å². The van der Waals surface area contributed by atoms with Crippen molar-refractivity contribution in [1.82, 2.24) is 4.90 Å². The molecule has 0 atom stereocenters. The molecule has 0 saturated carbocycles. The van der Waals surface area contributed by atoms with Crippen LogP contribution in [-0.4, -0.2) is 116 Å². The number of para-hydroxylation sites is 1. The smallest absolute Gasteiger partial charge is 0.414 e. The maximum Gasteiger partial charge on any atom is 0.414 e.